The van der Waals surface area contributed by atoms with Gasteiger partial charge in [0.15, 0.2) is 0 Å². The van der Waals surface area contributed by atoms with Gasteiger partial charge in [-0.05, 0) is 71.8 Å². The standard InChI is InChI=1S/C23H23N3O4S/c1-29-19-9-3-16(4-10-19)22-15-23(17-5-11-20(30-2)12-6-17)26(25-22)18-7-13-21(14-8-18)31(24,27)28/h3-14,23H,15H2,1-2H3,(H2,24,27,28). The summed E-state index contributed by atoms with van der Waals surface area (Å²) in [5, 5.41) is 12.0. The van der Waals surface area contributed by atoms with Crippen LogP contribution in [0, 0.1) is 0 Å². The Morgan fingerprint density at radius 1 is 0.871 bits per heavy atom. The predicted octanol–water partition coefficient (Wildman–Crippen LogP) is 3.71. The van der Waals surface area contributed by atoms with Crippen molar-refractivity contribution in [1.82, 2.24) is 0 Å². The maximum Gasteiger partial charge on any atom is 0.238 e. The highest BCUT2D eigenvalue weighted by Crippen LogP contribution is 2.37. The molecule has 1 unspecified atom stereocenters. The molecule has 7 nitrogen and oxygen atoms in total. The van der Waals surface area contributed by atoms with Crippen LogP contribution in [0.15, 0.2) is 82.8 Å². The van der Waals surface area contributed by atoms with Gasteiger partial charge in [0.1, 0.15) is 11.5 Å². The summed E-state index contributed by atoms with van der Waals surface area (Å²) in [4.78, 5) is 0.0656. The first-order valence-electron chi connectivity index (χ1n) is 9.67. The minimum atomic E-state index is -3.76. The molecule has 0 saturated carbocycles. The second-order valence-electron chi connectivity index (χ2n) is 7.15. The fourth-order valence-electron chi connectivity index (χ4n) is 3.58. The molecule has 0 spiro atoms. The molecule has 0 amide bonds. The lowest BCUT2D eigenvalue weighted by Crippen LogP contribution is -2.19. The van der Waals surface area contributed by atoms with Gasteiger partial charge in [-0.2, -0.15) is 5.10 Å². The molecule has 0 aromatic heterocycles. The Labute approximate surface area is 181 Å². The molecule has 1 aliphatic heterocycles. The van der Waals surface area contributed by atoms with Gasteiger partial charge >= 0.3 is 0 Å². The maximum atomic E-state index is 11.6. The van der Waals surface area contributed by atoms with Gasteiger partial charge < -0.3 is 9.47 Å². The van der Waals surface area contributed by atoms with E-state index in [1.165, 1.54) is 12.1 Å². The lowest BCUT2D eigenvalue weighted by molar-refractivity contribution is 0.414. The molecule has 3 aromatic rings. The van der Waals surface area contributed by atoms with Gasteiger partial charge in [0.2, 0.25) is 10.0 Å². The molecule has 1 atom stereocenters. The lowest BCUT2D eigenvalue weighted by Gasteiger charge is -2.24. The topological polar surface area (TPSA) is 94.2 Å². The number of methoxy groups -OCH3 is 2. The number of hydrogen-bond acceptors (Lipinski definition) is 6. The van der Waals surface area contributed by atoms with E-state index in [0.29, 0.717) is 6.42 Å². The molecule has 0 saturated heterocycles. The number of hydrazone groups is 1. The number of ether oxygens (including phenoxy) is 2. The van der Waals surface area contributed by atoms with Crippen molar-refractivity contribution in [3.63, 3.8) is 0 Å². The number of nitrogens with zero attached hydrogens (tertiary/aromatic N) is 2. The van der Waals surface area contributed by atoms with Crippen molar-refractivity contribution in [2.45, 2.75) is 17.4 Å². The third-order valence-corrected chi connectivity index (χ3v) is 6.19. The number of sulfonamides is 1. The number of hydrogen-bond donors (Lipinski definition) is 1. The zero-order valence-corrected chi connectivity index (χ0v) is 18.0. The Morgan fingerprint density at radius 2 is 1.42 bits per heavy atom. The summed E-state index contributed by atoms with van der Waals surface area (Å²) in [6.07, 6.45) is 0.690. The fourth-order valence-corrected chi connectivity index (χ4v) is 4.10. The molecule has 0 bridgehead atoms. The van der Waals surface area contributed by atoms with Gasteiger partial charge in [-0.1, -0.05) is 12.1 Å². The Morgan fingerprint density at radius 3 is 1.94 bits per heavy atom. The van der Waals surface area contributed by atoms with Crippen molar-refractivity contribution in [2.75, 3.05) is 19.2 Å². The van der Waals surface area contributed by atoms with E-state index in [1.54, 1.807) is 26.4 Å². The van der Waals surface area contributed by atoms with Crippen molar-refractivity contribution >= 4 is 21.4 Å². The lowest BCUT2D eigenvalue weighted by atomic mass is 9.98. The van der Waals surface area contributed by atoms with Gasteiger partial charge in [0.05, 0.1) is 36.6 Å². The second-order valence-corrected chi connectivity index (χ2v) is 8.71. The van der Waals surface area contributed by atoms with Crippen LogP contribution in [0.1, 0.15) is 23.6 Å². The SMILES string of the molecule is COc1ccc(C2=NN(c3ccc(S(N)(=O)=O)cc3)C(c3ccc(OC)cc3)C2)cc1. The minimum Gasteiger partial charge on any atom is -0.497 e. The molecule has 2 N–H and O–H groups in total. The van der Waals surface area contributed by atoms with Crippen molar-refractivity contribution in [1.29, 1.82) is 0 Å². The zero-order valence-electron chi connectivity index (χ0n) is 17.2. The normalized spacial score (nSPS) is 16.2. The van der Waals surface area contributed by atoms with Crippen molar-refractivity contribution in [3.05, 3.63) is 83.9 Å². The zero-order chi connectivity index (χ0) is 22.0. The van der Waals surface area contributed by atoms with Crippen LogP contribution in [-0.2, 0) is 10.0 Å². The van der Waals surface area contributed by atoms with E-state index in [0.717, 1.165) is 34.0 Å². The summed E-state index contributed by atoms with van der Waals surface area (Å²) in [6.45, 7) is 0. The third kappa shape index (κ3) is 4.40. The molecule has 31 heavy (non-hydrogen) atoms. The van der Waals surface area contributed by atoms with E-state index in [9.17, 15) is 8.42 Å². The van der Waals surface area contributed by atoms with E-state index >= 15 is 0 Å². The van der Waals surface area contributed by atoms with Crippen LogP contribution in [0.3, 0.4) is 0 Å². The summed E-state index contributed by atoms with van der Waals surface area (Å²) >= 11 is 0. The van der Waals surface area contributed by atoms with E-state index < -0.39 is 10.0 Å². The van der Waals surface area contributed by atoms with Crippen LogP contribution in [0.4, 0.5) is 5.69 Å². The van der Waals surface area contributed by atoms with Crippen LogP contribution in [0.2, 0.25) is 0 Å². The van der Waals surface area contributed by atoms with Crippen LogP contribution in [-0.4, -0.2) is 28.3 Å². The van der Waals surface area contributed by atoms with Crippen LogP contribution in [0.25, 0.3) is 0 Å². The molecule has 1 aliphatic rings. The molecular weight excluding hydrogens is 414 g/mol. The van der Waals surface area contributed by atoms with Crippen molar-refractivity contribution in [2.24, 2.45) is 10.2 Å². The first kappa shape index (κ1) is 20.9. The quantitative estimate of drug-likeness (QED) is 0.634. The Bertz CT molecular complexity index is 1190. The highest BCUT2D eigenvalue weighted by atomic mass is 32.2. The van der Waals surface area contributed by atoms with Gasteiger partial charge in [-0.15, -0.1) is 0 Å². The van der Waals surface area contributed by atoms with E-state index in [1.807, 2.05) is 53.5 Å². The highest BCUT2D eigenvalue weighted by Gasteiger charge is 2.30. The molecule has 3 aromatic carbocycles. The van der Waals surface area contributed by atoms with E-state index in [-0.39, 0.29) is 10.9 Å². The van der Waals surface area contributed by atoms with Gasteiger partial charge in [-0.3, -0.25) is 5.01 Å². The Balaban J connectivity index is 1.72. The summed E-state index contributed by atoms with van der Waals surface area (Å²) in [5.41, 5.74) is 3.78. The summed E-state index contributed by atoms with van der Waals surface area (Å²) in [6, 6.07) is 22.0. The number of benzene rings is 3. The number of nitrogens with two attached hydrogens (primary N) is 1. The van der Waals surface area contributed by atoms with Gasteiger partial charge in [0, 0.05) is 6.42 Å². The maximum absolute atomic E-state index is 11.6. The minimum absolute atomic E-state index is 0.0525. The summed E-state index contributed by atoms with van der Waals surface area (Å²) in [7, 11) is -0.490. The van der Waals surface area contributed by atoms with Crippen LogP contribution < -0.4 is 19.6 Å². The molecule has 4 rings (SSSR count). The fraction of sp³-hybridized carbons (Fsp3) is 0.174. The third-order valence-electron chi connectivity index (χ3n) is 5.26. The summed E-state index contributed by atoms with van der Waals surface area (Å²) < 4.78 is 33.8. The molecule has 0 fully saturated rings. The van der Waals surface area contributed by atoms with Crippen molar-refractivity contribution < 1.29 is 17.9 Å². The van der Waals surface area contributed by atoms with Crippen LogP contribution >= 0.6 is 0 Å². The van der Waals surface area contributed by atoms with Crippen LogP contribution in [0.5, 0.6) is 11.5 Å². The summed E-state index contributed by atoms with van der Waals surface area (Å²) in [5.74, 6) is 1.56. The first-order chi connectivity index (χ1) is 14.9. The predicted molar refractivity (Wildman–Crippen MR) is 120 cm³/mol. The van der Waals surface area contributed by atoms with Gasteiger partial charge in [-0.25, -0.2) is 13.6 Å². The molecule has 0 aliphatic carbocycles. The molecule has 160 valence electrons. The largest absolute Gasteiger partial charge is 0.497 e. The Hall–Kier alpha value is -3.36. The molecule has 8 heteroatoms. The average Bonchev–Trinajstić information content (AvgIpc) is 3.24. The molecule has 1 heterocycles. The smallest absolute Gasteiger partial charge is 0.238 e. The number of anilines is 1. The second kappa shape index (κ2) is 8.41. The Kier molecular flexibility index (Phi) is 5.67. The number of primary sulfonamides is 1. The van der Waals surface area contributed by atoms with E-state index in [2.05, 4.69) is 0 Å². The first-order valence-corrected chi connectivity index (χ1v) is 11.2. The average molecular weight is 438 g/mol. The number of rotatable bonds is 6. The molecule has 0 radical (unpaired) electrons. The van der Waals surface area contributed by atoms with Crippen molar-refractivity contribution in [3.8, 4) is 11.5 Å². The van der Waals surface area contributed by atoms with E-state index in [4.69, 9.17) is 19.7 Å². The highest BCUT2D eigenvalue weighted by molar-refractivity contribution is 7.89. The molecular formula is C23H23N3O4S. The monoisotopic (exact) mass is 437 g/mol. The van der Waals surface area contributed by atoms with Gasteiger partial charge in [0.25, 0.3) is 0 Å².